The van der Waals surface area contributed by atoms with E-state index in [1.165, 1.54) is 18.9 Å². The van der Waals surface area contributed by atoms with Gasteiger partial charge < -0.3 is 0 Å². The second-order valence-electron chi connectivity index (χ2n) is 4.47. The smallest absolute Gasteiger partial charge is 0.129 e. The fourth-order valence-corrected chi connectivity index (χ4v) is 2.10. The number of nitrogens with zero attached hydrogens (tertiary/aromatic N) is 1. The van der Waals surface area contributed by atoms with Crippen LogP contribution in [0.1, 0.15) is 25.3 Å². The fraction of sp³-hybridized carbons (Fsp3) is 0.538. The van der Waals surface area contributed by atoms with E-state index in [0.717, 1.165) is 19.0 Å². The highest BCUT2D eigenvalue weighted by Gasteiger charge is 2.24. The van der Waals surface area contributed by atoms with Crippen LogP contribution in [-0.2, 0) is 6.54 Å². The maximum atomic E-state index is 13.6. The summed E-state index contributed by atoms with van der Waals surface area (Å²) in [7, 11) is 0. The minimum Gasteiger partial charge on any atom is -0.299 e. The monoisotopic (exact) mass is 241 g/mol. The first-order chi connectivity index (χ1) is 7.70. The predicted octanol–water partition coefficient (Wildman–Crippen LogP) is 3.71. The molecule has 16 heavy (non-hydrogen) atoms. The number of rotatable bonds is 5. The molecule has 0 N–H and O–H groups in total. The minimum atomic E-state index is -0.193. The van der Waals surface area contributed by atoms with Crippen molar-refractivity contribution in [2.75, 3.05) is 13.1 Å². The van der Waals surface area contributed by atoms with Gasteiger partial charge in [-0.15, -0.1) is 0 Å². The van der Waals surface area contributed by atoms with Crippen LogP contribution in [0.15, 0.2) is 18.2 Å². The summed E-state index contributed by atoms with van der Waals surface area (Å²) >= 11 is 6.02. The lowest BCUT2D eigenvalue weighted by Gasteiger charge is -2.21. The molecule has 1 aromatic rings. The largest absolute Gasteiger partial charge is 0.299 e. The number of halogens is 2. The fourth-order valence-electron chi connectivity index (χ4n) is 1.88. The van der Waals surface area contributed by atoms with Gasteiger partial charge >= 0.3 is 0 Å². The lowest BCUT2D eigenvalue weighted by atomic mass is 10.2. The van der Waals surface area contributed by atoms with E-state index in [1.807, 2.05) is 0 Å². The van der Waals surface area contributed by atoms with Crippen LogP contribution in [0.3, 0.4) is 0 Å². The average molecular weight is 242 g/mol. The van der Waals surface area contributed by atoms with Crippen LogP contribution >= 0.6 is 11.6 Å². The Morgan fingerprint density at radius 3 is 2.75 bits per heavy atom. The number of hydrogen-bond donors (Lipinski definition) is 0. The van der Waals surface area contributed by atoms with E-state index in [1.54, 1.807) is 12.1 Å². The van der Waals surface area contributed by atoms with Gasteiger partial charge in [-0.3, -0.25) is 4.90 Å². The SMILES string of the molecule is CCN(Cc1c(F)cccc1Cl)CC1CC1. The molecule has 1 saturated carbocycles. The van der Waals surface area contributed by atoms with Crippen LogP contribution in [0.2, 0.25) is 5.02 Å². The second-order valence-corrected chi connectivity index (χ2v) is 4.88. The summed E-state index contributed by atoms with van der Waals surface area (Å²) in [5.74, 6) is 0.632. The summed E-state index contributed by atoms with van der Waals surface area (Å²) in [6, 6.07) is 4.88. The molecule has 1 nitrogen and oxygen atoms in total. The van der Waals surface area contributed by atoms with Gasteiger partial charge in [0.2, 0.25) is 0 Å². The van der Waals surface area contributed by atoms with Crippen molar-refractivity contribution in [1.82, 2.24) is 4.90 Å². The van der Waals surface area contributed by atoms with Gasteiger partial charge in [0.05, 0.1) is 0 Å². The molecule has 0 atom stereocenters. The van der Waals surface area contributed by atoms with Crippen LogP contribution in [0.25, 0.3) is 0 Å². The van der Waals surface area contributed by atoms with E-state index in [4.69, 9.17) is 11.6 Å². The molecule has 1 fully saturated rings. The normalized spacial score (nSPS) is 15.8. The summed E-state index contributed by atoms with van der Waals surface area (Å²) in [6.45, 7) is 4.75. The molecule has 0 radical (unpaired) electrons. The third-order valence-electron chi connectivity index (χ3n) is 3.10. The van der Waals surface area contributed by atoms with Gasteiger partial charge in [-0.25, -0.2) is 4.39 Å². The highest BCUT2D eigenvalue weighted by Crippen LogP contribution is 2.30. The van der Waals surface area contributed by atoms with Crippen molar-refractivity contribution >= 4 is 11.6 Å². The molecular formula is C13H17ClFN. The Kier molecular flexibility index (Phi) is 3.82. The molecule has 1 aromatic carbocycles. The number of benzene rings is 1. The second kappa shape index (κ2) is 5.15. The molecule has 0 saturated heterocycles. The zero-order valence-corrected chi connectivity index (χ0v) is 10.3. The quantitative estimate of drug-likeness (QED) is 0.760. The van der Waals surface area contributed by atoms with Crippen molar-refractivity contribution in [3.05, 3.63) is 34.6 Å². The Bertz CT molecular complexity index is 343. The van der Waals surface area contributed by atoms with Crippen molar-refractivity contribution in [3.63, 3.8) is 0 Å². The standard InChI is InChI=1S/C13H17ClFN/c1-2-16(8-10-6-7-10)9-11-12(14)4-3-5-13(11)15/h3-5,10H,2,6-9H2,1H3. The molecule has 1 aliphatic rings. The van der Waals surface area contributed by atoms with E-state index >= 15 is 0 Å². The molecule has 0 bridgehead atoms. The van der Waals surface area contributed by atoms with Gasteiger partial charge in [-0.2, -0.15) is 0 Å². The molecule has 0 heterocycles. The van der Waals surface area contributed by atoms with Gasteiger partial charge in [0.1, 0.15) is 5.82 Å². The van der Waals surface area contributed by atoms with Crippen molar-refractivity contribution in [3.8, 4) is 0 Å². The Morgan fingerprint density at radius 1 is 1.44 bits per heavy atom. The predicted molar refractivity (Wildman–Crippen MR) is 65.1 cm³/mol. The molecule has 2 rings (SSSR count). The van der Waals surface area contributed by atoms with Gasteiger partial charge in [-0.1, -0.05) is 24.6 Å². The molecule has 1 aliphatic carbocycles. The first-order valence-corrected chi connectivity index (χ1v) is 6.23. The molecule has 0 amide bonds. The van der Waals surface area contributed by atoms with Crippen molar-refractivity contribution in [2.24, 2.45) is 5.92 Å². The lowest BCUT2D eigenvalue weighted by Crippen LogP contribution is -2.25. The maximum Gasteiger partial charge on any atom is 0.129 e. The molecule has 3 heteroatoms. The van der Waals surface area contributed by atoms with Crippen LogP contribution in [-0.4, -0.2) is 18.0 Å². The van der Waals surface area contributed by atoms with Crippen molar-refractivity contribution < 1.29 is 4.39 Å². The third-order valence-corrected chi connectivity index (χ3v) is 3.46. The minimum absolute atomic E-state index is 0.193. The third kappa shape index (κ3) is 2.96. The molecule has 0 unspecified atom stereocenters. The van der Waals surface area contributed by atoms with Gasteiger partial charge in [0.15, 0.2) is 0 Å². The molecule has 0 spiro atoms. The van der Waals surface area contributed by atoms with E-state index in [-0.39, 0.29) is 5.82 Å². The molecule has 0 aliphatic heterocycles. The van der Waals surface area contributed by atoms with E-state index in [2.05, 4.69) is 11.8 Å². The Morgan fingerprint density at radius 2 is 2.19 bits per heavy atom. The highest BCUT2D eigenvalue weighted by atomic mass is 35.5. The van der Waals surface area contributed by atoms with E-state index in [0.29, 0.717) is 17.1 Å². The Hall–Kier alpha value is -0.600. The molecule has 0 aromatic heterocycles. The zero-order valence-electron chi connectivity index (χ0n) is 9.55. The van der Waals surface area contributed by atoms with Crippen molar-refractivity contribution in [2.45, 2.75) is 26.3 Å². The van der Waals surface area contributed by atoms with Crippen LogP contribution < -0.4 is 0 Å². The van der Waals surface area contributed by atoms with E-state index < -0.39 is 0 Å². The molecule has 88 valence electrons. The number of hydrogen-bond acceptors (Lipinski definition) is 1. The summed E-state index contributed by atoms with van der Waals surface area (Å²) in [5, 5.41) is 0.536. The topological polar surface area (TPSA) is 3.24 Å². The summed E-state index contributed by atoms with van der Waals surface area (Å²) < 4.78 is 13.6. The maximum absolute atomic E-state index is 13.6. The zero-order chi connectivity index (χ0) is 11.5. The Balaban J connectivity index is 2.05. The van der Waals surface area contributed by atoms with Gasteiger partial charge in [-0.05, 0) is 37.4 Å². The Labute approximate surface area is 101 Å². The van der Waals surface area contributed by atoms with E-state index in [9.17, 15) is 4.39 Å². The van der Waals surface area contributed by atoms with Gasteiger partial charge in [0, 0.05) is 23.7 Å². The van der Waals surface area contributed by atoms with Crippen molar-refractivity contribution in [1.29, 1.82) is 0 Å². The lowest BCUT2D eigenvalue weighted by molar-refractivity contribution is 0.264. The summed E-state index contributed by atoms with van der Waals surface area (Å²) in [5.41, 5.74) is 0.631. The first-order valence-electron chi connectivity index (χ1n) is 5.86. The first kappa shape index (κ1) is 11.9. The summed E-state index contributed by atoms with van der Waals surface area (Å²) in [6.07, 6.45) is 2.64. The average Bonchev–Trinajstić information content (AvgIpc) is 3.06. The van der Waals surface area contributed by atoms with Crippen LogP contribution in [0.5, 0.6) is 0 Å². The van der Waals surface area contributed by atoms with Crippen LogP contribution in [0, 0.1) is 11.7 Å². The molecular weight excluding hydrogens is 225 g/mol. The van der Waals surface area contributed by atoms with Crippen LogP contribution in [0.4, 0.5) is 4.39 Å². The highest BCUT2D eigenvalue weighted by molar-refractivity contribution is 6.31. The van der Waals surface area contributed by atoms with Gasteiger partial charge in [0.25, 0.3) is 0 Å². The summed E-state index contributed by atoms with van der Waals surface area (Å²) in [4.78, 5) is 2.27.